The smallest absolute Gasteiger partial charge is 0 e. The van der Waals surface area contributed by atoms with Crippen molar-refractivity contribution >= 4 is 0 Å². The van der Waals surface area contributed by atoms with Gasteiger partial charge in [-0.2, -0.15) is 0 Å². The van der Waals surface area contributed by atoms with Crippen LogP contribution in [-0.2, 0) is 21.1 Å². The fraction of sp³-hybridized carbons (Fsp3) is 0. The zero-order valence-electron chi connectivity index (χ0n) is 2.49. The summed E-state index contributed by atoms with van der Waals surface area (Å²) in [6.07, 6.45) is 10.4. The van der Waals surface area contributed by atoms with Crippen LogP contribution in [0.3, 0.4) is 0 Å². The summed E-state index contributed by atoms with van der Waals surface area (Å²) in [5.41, 5.74) is 0. The normalized spacial score (nSPS) is 2.00. The monoisotopic (exact) mass is 233 g/mol. The van der Waals surface area contributed by atoms with Crippen molar-refractivity contribution in [3.05, 3.63) is 6.42 Å². The molecule has 24 valence electrons. The average molecular weight is 233 g/mol. The van der Waals surface area contributed by atoms with Gasteiger partial charge in [0.05, 0.1) is 0 Å². The Morgan fingerprint density at radius 2 is 1.80 bits per heavy atom. The topological polar surface area (TPSA) is 0 Å². The van der Waals surface area contributed by atoms with Crippen LogP contribution in [0.25, 0.3) is 0 Å². The molecule has 1 heteroatoms. The van der Waals surface area contributed by atoms with Crippen molar-refractivity contribution in [2.75, 3.05) is 0 Å². The molecule has 0 fully saturated rings. The van der Waals surface area contributed by atoms with Crippen LogP contribution < -0.4 is 0 Å². The molecule has 0 unspecified atom stereocenters. The van der Waals surface area contributed by atoms with Crippen molar-refractivity contribution in [1.29, 1.82) is 0 Å². The van der Waals surface area contributed by atoms with Gasteiger partial charge in [-0.05, 0) is 0 Å². The first-order valence-electron chi connectivity index (χ1n) is 0.789. The van der Waals surface area contributed by atoms with E-state index in [4.69, 9.17) is 6.42 Å². The third-order valence-electron chi connectivity index (χ3n) is 0.0722. The van der Waals surface area contributed by atoms with Crippen LogP contribution in [0.1, 0.15) is 0 Å². The Morgan fingerprint density at radius 3 is 1.80 bits per heavy atom. The van der Waals surface area contributed by atoms with Crippen LogP contribution in [0, 0.1) is 24.7 Å². The minimum Gasteiger partial charge on any atom is -0.358 e. The third-order valence-corrected chi connectivity index (χ3v) is 0.0722. The molecule has 5 heavy (non-hydrogen) atoms. The molecule has 0 aliphatic rings. The maximum absolute atomic E-state index is 5.97. The molecule has 0 saturated carbocycles. The standard InChI is InChI=1S/C4H.W/c1-3-4-2;/h1H;/q-1;. The van der Waals surface area contributed by atoms with Gasteiger partial charge in [0, 0.05) is 21.1 Å². The summed E-state index contributed by atoms with van der Waals surface area (Å²) in [6.45, 7) is 0. The van der Waals surface area contributed by atoms with Crippen molar-refractivity contribution in [1.82, 2.24) is 0 Å². The fourth-order valence-electron chi connectivity index (χ4n) is 0. The predicted molar refractivity (Wildman–Crippen MR) is 16.0 cm³/mol. The summed E-state index contributed by atoms with van der Waals surface area (Å²) >= 11 is 0. The Hall–Kier alpha value is -0.192. The Kier molecular flexibility index (Phi) is 16.2. The van der Waals surface area contributed by atoms with E-state index < -0.39 is 0 Å². The molecular weight excluding hydrogens is 232 g/mol. The van der Waals surface area contributed by atoms with Crippen molar-refractivity contribution in [2.45, 2.75) is 0 Å². The molecular formula is C4HW-. The second-order valence-corrected chi connectivity index (χ2v) is 0.269. The molecule has 0 N–H and O–H groups in total. The Morgan fingerprint density at radius 1 is 1.60 bits per heavy atom. The van der Waals surface area contributed by atoms with E-state index in [9.17, 15) is 0 Å². The Labute approximate surface area is 46.2 Å². The number of rotatable bonds is 0. The molecule has 0 nitrogen and oxygen atoms in total. The molecule has 0 aromatic heterocycles. The first-order chi connectivity index (χ1) is 1.91. The van der Waals surface area contributed by atoms with E-state index >= 15 is 0 Å². The minimum atomic E-state index is 0. The van der Waals surface area contributed by atoms with Crippen molar-refractivity contribution in [2.24, 2.45) is 0 Å². The second kappa shape index (κ2) is 9.18. The summed E-state index contributed by atoms with van der Waals surface area (Å²) in [5.74, 6) is 3.56. The summed E-state index contributed by atoms with van der Waals surface area (Å²) in [4.78, 5) is 0. The molecule has 0 aromatic carbocycles. The minimum absolute atomic E-state index is 0. The van der Waals surface area contributed by atoms with Gasteiger partial charge < -0.3 is 6.42 Å². The summed E-state index contributed by atoms with van der Waals surface area (Å²) in [7, 11) is 0. The van der Waals surface area contributed by atoms with E-state index in [2.05, 4.69) is 6.42 Å². The molecule has 0 saturated heterocycles. The molecule has 0 aliphatic carbocycles. The molecule has 0 heterocycles. The van der Waals surface area contributed by atoms with E-state index in [0.717, 1.165) is 0 Å². The second-order valence-electron chi connectivity index (χ2n) is 0.269. The summed E-state index contributed by atoms with van der Waals surface area (Å²) in [6, 6.07) is 0. The number of hydrogen-bond acceptors (Lipinski definition) is 0. The third kappa shape index (κ3) is 19.1. The van der Waals surface area contributed by atoms with Crippen molar-refractivity contribution in [3.63, 3.8) is 0 Å². The van der Waals surface area contributed by atoms with Gasteiger partial charge >= 0.3 is 0 Å². The molecule has 0 bridgehead atoms. The first-order valence-corrected chi connectivity index (χ1v) is 0.789. The molecule has 0 radical (unpaired) electrons. The van der Waals surface area contributed by atoms with Gasteiger partial charge in [-0.25, -0.2) is 6.42 Å². The van der Waals surface area contributed by atoms with Gasteiger partial charge in [0.2, 0.25) is 0 Å². The molecule has 0 amide bonds. The van der Waals surface area contributed by atoms with Gasteiger partial charge in [-0.1, -0.05) is 0 Å². The van der Waals surface area contributed by atoms with E-state index in [0.29, 0.717) is 0 Å². The van der Waals surface area contributed by atoms with Gasteiger partial charge in [0.25, 0.3) is 0 Å². The molecule has 0 atom stereocenters. The van der Waals surface area contributed by atoms with Crippen LogP contribution >= 0.6 is 0 Å². The molecule has 0 aliphatic heterocycles. The molecule has 0 spiro atoms. The largest absolute Gasteiger partial charge is 0.358 e. The van der Waals surface area contributed by atoms with E-state index in [1.807, 2.05) is 5.92 Å². The molecule has 0 aromatic rings. The van der Waals surface area contributed by atoms with Gasteiger partial charge in [0.15, 0.2) is 0 Å². The summed E-state index contributed by atoms with van der Waals surface area (Å²) in [5, 5.41) is 0. The van der Waals surface area contributed by atoms with Gasteiger partial charge in [0.1, 0.15) is 0 Å². The molecule has 0 rings (SSSR count). The van der Waals surface area contributed by atoms with Crippen LogP contribution in [0.2, 0.25) is 0 Å². The quantitative estimate of drug-likeness (QED) is 0.414. The number of hydrogen-bond donors (Lipinski definition) is 0. The predicted octanol–water partition coefficient (Wildman–Crippen LogP) is 0.207. The van der Waals surface area contributed by atoms with Crippen LogP contribution in [0.5, 0.6) is 0 Å². The SMILES string of the molecule is [C-]#CC#C.[W]. The average Bonchev–Trinajstić information content (AvgIpc) is 1.37. The van der Waals surface area contributed by atoms with E-state index in [-0.39, 0.29) is 21.1 Å². The maximum Gasteiger partial charge on any atom is 0 e. The van der Waals surface area contributed by atoms with Crippen LogP contribution in [0.4, 0.5) is 0 Å². The zero-order valence-corrected chi connectivity index (χ0v) is 5.42. The van der Waals surface area contributed by atoms with E-state index in [1.54, 1.807) is 5.92 Å². The van der Waals surface area contributed by atoms with Gasteiger partial charge in [-0.3, -0.25) is 11.8 Å². The Balaban J connectivity index is 0. The number of terminal acetylenes is 1. The van der Waals surface area contributed by atoms with Crippen molar-refractivity contribution in [3.8, 4) is 18.3 Å². The summed E-state index contributed by atoms with van der Waals surface area (Å²) < 4.78 is 0. The Bertz CT molecular complexity index is 58.6. The van der Waals surface area contributed by atoms with E-state index in [1.165, 1.54) is 0 Å². The first kappa shape index (κ1) is 8.84. The van der Waals surface area contributed by atoms with Crippen molar-refractivity contribution < 1.29 is 21.1 Å². The van der Waals surface area contributed by atoms with Crippen LogP contribution in [-0.4, -0.2) is 0 Å². The maximum atomic E-state index is 5.97. The van der Waals surface area contributed by atoms with Gasteiger partial charge in [-0.15, -0.1) is 0 Å². The van der Waals surface area contributed by atoms with Crippen LogP contribution in [0.15, 0.2) is 0 Å². The zero-order chi connectivity index (χ0) is 3.41. The fourth-order valence-corrected chi connectivity index (χ4v) is 0.